The molecular weight excluding hydrogens is 370 g/mol. The molecule has 0 N–H and O–H groups in total. The van der Waals surface area contributed by atoms with E-state index in [4.69, 9.17) is 0 Å². The maximum Gasteiger partial charge on any atom is 0.231 e. The van der Waals surface area contributed by atoms with Crippen LogP contribution in [0, 0.1) is 10.8 Å². The third-order valence-electron chi connectivity index (χ3n) is 7.21. The number of amides is 1. The van der Waals surface area contributed by atoms with Gasteiger partial charge in [-0.05, 0) is 49.9 Å². The highest BCUT2D eigenvalue weighted by Gasteiger charge is 2.65. The normalized spacial score (nSPS) is 27.4. The Kier molecular flexibility index (Phi) is 4.39. The second kappa shape index (κ2) is 6.81. The van der Waals surface area contributed by atoms with E-state index in [9.17, 15) is 4.79 Å². The minimum atomic E-state index is -0.282. The molecule has 2 aromatic heterocycles. The van der Waals surface area contributed by atoms with Crippen LogP contribution in [0.2, 0.25) is 0 Å². The summed E-state index contributed by atoms with van der Waals surface area (Å²) in [7, 11) is 1.96. The molecule has 3 aliphatic heterocycles. The highest BCUT2D eigenvalue weighted by atomic mass is 32.1. The molecule has 0 radical (unpaired) electrons. The van der Waals surface area contributed by atoms with Gasteiger partial charge in [-0.3, -0.25) is 9.69 Å². The molecule has 3 fully saturated rings. The van der Waals surface area contributed by atoms with E-state index in [1.54, 1.807) is 12.4 Å². The zero-order valence-electron chi connectivity index (χ0n) is 16.4. The number of hydrogen-bond acceptors (Lipinski definition) is 6. The van der Waals surface area contributed by atoms with Crippen molar-refractivity contribution in [2.45, 2.75) is 25.8 Å². The lowest BCUT2D eigenvalue weighted by molar-refractivity contribution is -0.141. The molecule has 0 bridgehead atoms. The first-order chi connectivity index (χ1) is 13.6. The van der Waals surface area contributed by atoms with Gasteiger partial charge in [0.2, 0.25) is 11.9 Å². The van der Waals surface area contributed by atoms with E-state index in [-0.39, 0.29) is 10.8 Å². The Balaban J connectivity index is 1.40. The van der Waals surface area contributed by atoms with E-state index in [2.05, 4.69) is 37.3 Å². The van der Waals surface area contributed by atoms with E-state index in [1.165, 1.54) is 4.88 Å². The largest absolute Gasteiger partial charge is 0.345 e. The van der Waals surface area contributed by atoms with Gasteiger partial charge in [-0.25, -0.2) is 9.97 Å². The SMILES string of the molecule is CN1CC[C@@]2(CN(c3ncccn3)CC23CCN(Cc2cccs2)CC3)C1=O. The standard InChI is InChI=1S/C21H27N5OS/c1-24-10-7-21(18(24)27)16-26(19-22-8-3-9-23-19)15-20(21)5-11-25(12-6-20)14-17-4-2-13-28-17/h2-4,8-9,13H,5-7,10-12,14-16H2,1H3/t21-/m1/s1. The second-order valence-electron chi connectivity index (χ2n) is 8.60. The lowest BCUT2D eigenvalue weighted by Crippen LogP contribution is -2.52. The van der Waals surface area contributed by atoms with Crippen LogP contribution in [-0.2, 0) is 11.3 Å². The fraction of sp³-hybridized carbons (Fsp3) is 0.571. The number of thiophene rings is 1. The fourth-order valence-electron chi connectivity index (χ4n) is 5.63. The molecule has 3 aliphatic rings. The molecule has 28 heavy (non-hydrogen) atoms. The van der Waals surface area contributed by atoms with Crippen LogP contribution in [0.4, 0.5) is 5.95 Å². The summed E-state index contributed by atoms with van der Waals surface area (Å²) < 4.78 is 0. The number of rotatable bonds is 3. The van der Waals surface area contributed by atoms with Crippen molar-refractivity contribution in [1.29, 1.82) is 0 Å². The highest BCUT2D eigenvalue weighted by molar-refractivity contribution is 7.09. The first kappa shape index (κ1) is 18.1. The molecule has 1 amide bonds. The molecule has 2 spiro atoms. The van der Waals surface area contributed by atoms with E-state index in [0.29, 0.717) is 5.91 Å². The van der Waals surface area contributed by atoms with Gasteiger partial charge in [0, 0.05) is 55.9 Å². The number of fused-ring (bicyclic) bond motifs is 1. The van der Waals surface area contributed by atoms with Crippen molar-refractivity contribution in [3.05, 3.63) is 40.8 Å². The molecule has 5 heterocycles. The Morgan fingerprint density at radius 3 is 2.50 bits per heavy atom. The zero-order chi connectivity index (χ0) is 19.2. The monoisotopic (exact) mass is 397 g/mol. The van der Waals surface area contributed by atoms with Gasteiger partial charge in [0.25, 0.3) is 0 Å². The summed E-state index contributed by atoms with van der Waals surface area (Å²) in [6.07, 6.45) is 6.69. The molecule has 7 heteroatoms. The quantitative estimate of drug-likeness (QED) is 0.797. The number of carbonyl (C=O) groups excluding carboxylic acids is 1. The van der Waals surface area contributed by atoms with Crippen LogP contribution in [0.5, 0.6) is 0 Å². The average molecular weight is 398 g/mol. The minimum Gasteiger partial charge on any atom is -0.345 e. The number of piperidine rings is 1. The van der Waals surface area contributed by atoms with Crippen molar-refractivity contribution in [3.63, 3.8) is 0 Å². The predicted octanol–water partition coefficient (Wildman–Crippen LogP) is 2.49. The van der Waals surface area contributed by atoms with Gasteiger partial charge in [-0.1, -0.05) is 6.07 Å². The van der Waals surface area contributed by atoms with Gasteiger partial charge in [0.1, 0.15) is 0 Å². The van der Waals surface area contributed by atoms with Crippen LogP contribution in [-0.4, -0.2) is 65.4 Å². The van der Waals surface area contributed by atoms with Crippen molar-refractivity contribution in [2.24, 2.45) is 10.8 Å². The molecule has 1 atom stereocenters. The summed E-state index contributed by atoms with van der Waals surface area (Å²) in [5.41, 5.74) is -0.254. The Morgan fingerprint density at radius 2 is 1.86 bits per heavy atom. The number of nitrogens with zero attached hydrogens (tertiary/aromatic N) is 5. The highest BCUT2D eigenvalue weighted by Crippen LogP contribution is 2.58. The van der Waals surface area contributed by atoms with E-state index < -0.39 is 0 Å². The summed E-state index contributed by atoms with van der Waals surface area (Å²) in [5.74, 6) is 1.10. The topological polar surface area (TPSA) is 52.6 Å². The van der Waals surface area contributed by atoms with Crippen LogP contribution < -0.4 is 4.90 Å². The summed E-state index contributed by atoms with van der Waals surface area (Å²) >= 11 is 1.83. The van der Waals surface area contributed by atoms with Crippen LogP contribution >= 0.6 is 11.3 Å². The molecule has 0 unspecified atom stereocenters. The fourth-order valence-corrected chi connectivity index (χ4v) is 6.38. The molecule has 0 aromatic carbocycles. The number of carbonyl (C=O) groups is 1. The van der Waals surface area contributed by atoms with Gasteiger partial charge in [0.05, 0.1) is 5.41 Å². The Bertz CT molecular complexity index is 834. The number of anilines is 1. The third-order valence-corrected chi connectivity index (χ3v) is 8.07. The van der Waals surface area contributed by atoms with Crippen molar-refractivity contribution in [3.8, 4) is 0 Å². The summed E-state index contributed by atoms with van der Waals surface area (Å²) in [6.45, 7) is 5.65. The van der Waals surface area contributed by atoms with Gasteiger partial charge in [-0.15, -0.1) is 11.3 Å². The molecule has 5 rings (SSSR count). The first-order valence-corrected chi connectivity index (χ1v) is 11.0. The second-order valence-corrected chi connectivity index (χ2v) is 9.63. The van der Waals surface area contributed by atoms with Crippen LogP contribution in [0.1, 0.15) is 24.1 Å². The van der Waals surface area contributed by atoms with Gasteiger partial charge < -0.3 is 9.80 Å². The lowest BCUT2D eigenvalue weighted by Gasteiger charge is -2.46. The minimum absolute atomic E-state index is 0.0278. The molecule has 3 saturated heterocycles. The summed E-state index contributed by atoms with van der Waals surface area (Å²) in [6, 6.07) is 6.20. The summed E-state index contributed by atoms with van der Waals surface area (Å²) in [5, 5.41) is 2.15. The van der Waals surface area contributed by atoms with Crippen LogP contribution in [0.25, 0.3) is 0 Å². The average Bonchev–Trinajstić information content (AvgIpc) is 3.42. The van der Waals surface area contributed by atoms with Crippen molar-refractivity contribution < 1.29 is 4.79 Å². The van der Waals surface area contributed by atoms with E-state index in [1.807, 2.05) is 29.4 Å². The Morgan fingerprint density at radius 1 is 1.07 bits per heavy atom. The van der Waals surface area contributed by atoms with Crippen molar-refractivity contribution >= 4 is 23.2 Å². The van der Waals surface area contributed by atoms with Gasteiger partial charge in [-0.2, -0.15) is 0 Å². The lowest BCUT2D eigenvalue weighted by atomic mass is 9.60. The molecule has 2 aromatic rings. The molecule has 148 valence electrons. The summed E-state index contributed by atoms with van der Waals surface area (Å²) in [4.78, 5) is 30.5. The smallest absolute Gasteiger partial charge is 0.231 e. The van der Waals surface area contributed by atoms with Crippen LogP contribution in [0.3, 0.4) is 0 Å². The van der Waals surface area contributed by atoms with Gasteiger partial charge >= 0.3 is 0 Å². The van der Waals surface area contributed by atoms with E-state index in [0.717, 1.165) is 64.5 Å². The Labute approximate surface area is 170 Å². The molecule has 0 saturated carbocycles. The number of hydrogen-bond donors (Lipinski definition) is 0. The third kappa shape index (κ3) is 2.75. The van der Waals surface area contributed by atoms with Crippen molar-refractivity contribution in [1.82, 2.24) is 19.8 Å². The predicted molar refractivity (Wildman–Crippen MR) is 110 cm³/mol. The molecular formula is C21H27N5OS. The van der Waals surface area contributed by atoms with Crippen molar-refractivity contribution in [2.75, 3.05) is 44.7 Å². The number of aromatic nitrogens is 2. The molecule has 6 nitrogen and oxygen atoms in total. The Hall–Kier alpha value is -1.99. The first-order valence-electron chi connectivity index (χ1n) is 10.1. The maximum atomic E-state index is 13.4. The van der Waals surface area contributed by atoms with Crippen LogP contribution in [0.15, 0.2) is 36.0 Å². The number of likely N-dealkylation sites (tertiary alicyclic amines) is 2. The van der Waals surface area contributed by atoms with E-state index >= 15 is 0 Å². The maximum absolute atomic E-state index is 13.4. The zero-order valence-corrected chi connectivity index (χ0v) is 17.2. The molecule has 0 aliphatic carbocycles. The van der Waals surface area contributed by atoms with Gasteiger partial charge in [0.15, 0.2) is 0 Å².